The van der Waals surface area contributed by atoms with Crippen LogP contribution in [0.3, 0.4) is 0 Å². The number of morpholine rings is 1. The summed E-state index contributed by atoms with van der Waals surface area (Å²) in [7, 11) is 0. The molecule has 1 aliphatic heterocycles. The Bertz CT molecular complexity index is 331. The van der Waals surface area contributed by atoms with Crippen molar-refractivity contribution in [2.24, 2.45) is 0 Å². The molecule has 2 rings (SSSR count). The summed E-state index contributed by atoms with van der Waals surface area (Å²) in [6, 6.07) is 0. The number of anilines is 1. The number of halogens is 1. The molecular weight excluding hydrogens is 226 g/mol. The highest BCUT2D eigenvalue weighted by Crippen LogP contribution is 2.15. The summed E-state index contributed by atoms with van der Waals surface area (Å²) in [6.07, 6.45) is 4.86. The Morgan fingerprint density at radius 1 is 1.50 bits per heavy atom. The van der Waals surface area contributed by atoms with E-state index in [0.29, 0.717) is 12.0 Å². The highest BCUT2D eigenvalue weighted by Gasteiger charge is 2.19. The van der Waals surface area contributed by atoms with Gasteiger partial charge in [0.1, 0.15) is 5.82 Å². The minimum absolute atomic E-state index is 0.309. The van der Waals surface area contributed by atoms with Gasteiger partial charge >= 0.3 is 0 Å². The standard InChI is InChI=1S/C11H16ClN3O/c1-2-10-8-15(3-4-16-10)11-7-13-9(5-12)6-14-11/h6-7,10H,2-5,8H2,1H3. The highest BCUT2D eigenvalue weighted by atomic mass is 35.5. The van der Waals surface area contributed by atoms with E-state index in [1.807, 2.05) is 0 Å². The Morgan fingerprint density at radius 2 is 2.38 bits per heavy atom. The summed E-state index contributed by atoms with van der Waals surface area (Å²) in [4.78, 5) is 10.8. The molecule has 0 N–H and O–H groups in total. The summed E-state index contributed by atoms with van der Waals surface area (Å²) < 4.78 is 5.61. The lowest BCUT2D eigenvalue weighted by molar-refractivity contribution is 0.0381. The van der Waals surface area contributed by atoms with Crippen LogP contribution in [0.1, 0.15) is 19.0 Å². The van der Waals surface area contributed by atoms with Crippen molar-refractivity contribution in [3.63, 3.8) is 0 Å². The van der Waals surface area contributed by atoms with Crippen LogP contribution in [0.15, 0.2) is 12.4 Å². The first-order chi connectivity index (χ1) is 7.83. The molecule has 88 valence electrons. The van der Waals surface area contributed by atoms with Gasteiger partial charge in [-0.1, -0.05) is 6.92 Å². The van der Waals surface area contributed by atoms with Crippen LogP contribution < -0.4 is 4.90 Å². The fourth-order valence-electron chi connectivity index (χ4n) is 1.75. The first-order valence-electron chi connectivity index (χ1n) is 5.57. The van der Waals surface area contributed by atoms with Crippen molar-refractivity contribution in [2.45, 2.75) is 25.3 Å². The molecule has 0 bridgehead atoms. The van der Waals surface area contributed by atoms with Crippen molar-refractivity contribution in [3.05, 3.63) is 18.1 Å². The molecule has 1 aliphatic rings. The van der Waals surface area contributed by atoms with E-state index in [2.05, 4.69) is 21.8 Å². The number of nitrogens with zero attached hydrogens (tertiary/aromatic N) is 3. The molecule has 1 aromatic rings. The monoisotopic (exact) mass is 241 g/mol. The smallest absolute Gasteiger partial charge is 0.147 e. The van der Waals surface area contributed by atoms with E-state index in [9.17, 15) is 0 Å². The Kier molecular flexibility index (Phi) is 3.96. The zero-order chi connectivity index (χ0) is 11.4. The molecule has 1 aromatic heterocycles. The van der Waals surface area contributed by atoms with Gasteiger partial charge in [-0.3, -0.25) is 4.98 Å². The predicted octanol–water partition coefficient (Wildman–Crippen LogP) is 1.83. The van der Waals surface area contributed by atoms with Crippen molar-refractivity contribution in [1.82, 2.24) is 9.97 Å². The van der Waals surface area contributed by atoms with Crippen LogP contribution >= 0.6 is 11.6 Å². The molecule has 0 spiro atoms. The largest absolute Gasteiger partial charge is 0.375 e. The summed E-state index contributed by atoms with van der Waals surface area (Å²) >= 11 is 5.67. The summed E-state index contributed by atoms with van der Waals surface area (Å²) in [5, 5.41) is 0. The van der Waals surface area contributed by atoms with Crippen molar-refractivity contribution in [2.75, 3.05) is 24.6 Å². The minimum Gasteiger partial charge on any atom is -0.375 e. The average Bonchev–Trinajstić information content (AvgIpc) is 2.39. The Morgan fingerprint density at radius 3 is 3.00 bits per heavy atom. The van der Waals surface area contributed by atoms with E-state index in [-0.39, 0.29) is 0 Å². The Balaban J connectivity index is 2.05. The quantitative estimate of drug-likeness (QED) is 0.757. The maximum Gasteiger partial charge on any atom is 0.147 e. The molecule has 1 saturated heterocycles. The van der Waals surface area contributed by atoms with Crippen molar-refractivity contribution < 1.29 is 4.74 Å². The van der Waals surface area contributed by atoms with E-state index < -0.39 is 0 Å². The third-order valence-electron chi connectivity index (χ3n) is 2.75. The SMILES string of the molecule is CCC1CN(c2cnc(CCl)cn2)CCO1. The Labute approximate surface area is 101 Å². The molecule has 4 nitrogen and oxygen atoms in total. The summed E-state index contributed by atoms with van der Waals surface area (Å²) in [5.74, 6) is 1.32. The lowest BCUT2D eigenvalue weighted by Gasteiger charge is -2.33. The van der Waals surface area contributed by atoms with Gasteiger partial charge in [-0.25, -0.2) is 4.98 Å². The number of alkyl halides is 1. The third-order valence-corrected chi connectivity index (χ3v) is 3.02. The number of aromatic nitrogens is 2. The maximum atomic E-state index is 5.67. The second kappa shape index (κ2) is 5.46. The van der Waals surface area contributed by atoms with Gasteiger partial charge in [-0.05, 0) is 6.42 Å². The zero-order valence-corrected chi connectivity index (χ0v) is 10.2. The van der Waals surface area contributed by atoms with Crippen LogP contribution in [0.25, 0.3) is 0 Å². The summed E-state index contributed by atoms with van der Waals surface area (Å²) in [6.45, 7) is 4.67. The van der Waals surface area contributed by atoms with Crippen molar-refractivity contribution >= 4 is 17.4 Å². The van der Waals surface area contributed by atoms with Gasteiger partial charge in [-0.2, -0.15) is 0 Å². The molecule has 5 heteroatoms. The van der Waals surface area contributed by atoms with Gasteiger partial charge in [0.2, 0.25) is 0 Å². The van der Waals surface area contributed by atoms with Gasteiger partial charge < -0.3 is 9.64 Å². The zero-order valence-electron chi connectivity index (χ0n) is 9.40. The average molecular weight is 242 g/mol. The second-order valence-electron chi connectivity index (χ2n) is 3.85. The van der Waals surface area contributed by atoms with E-state index >= 15 is 0 Å². The fourth-order valence-corrected chi connectivity index (χ4v) is 1.89. The number of rotatable bonds is 3. The molecule has 0 aromatic carbocycles. The molecule has 1 unspecified atom stereocenters. The molecule has 2 heterocycles. The van der Waals surface area contributed by atoms with E-state index in [1.54, 1.807) is 12.4 Å². The van der Waals surface area contributed by atoms with E-state index in [1.165, 1.54) is 0 Å². The van der Waals surface area contributed by atoms with Gasteiger partial charge in [0.25, 0.3) is 0 Å². The lowest BCUT2D eigenvalue weighted by Crippen LogP contribution is -2.42. The van der Waals surface area contributed by atoms with Gasteiger partial charge in [0.05, 0.1) is 36.7 Å². The molecule has 16 heavy (non-hydrogen) atoms. The number of hydrogen-bond acceptors (Lipinski definition) is 4. The molecule has 1 atom stereocenters. The molecule has 0 aliphatic carbocycles. The van der Waals surface area contributed by atoms with Crippen LogP contribution in [-0.2, 0) is 10.6 Å². The molecule has 0 amide bonds. The van der Waals surface area contributed by atoms with Crippen molar-refractivity contribution in [1.29, 1.82) is 0 Å². The predicted molar refractivity (Wildman–Crippen MR) is 63.8 cm³/mol. The normalized spacial score (nSPS) is 21.1. The van der Waals surface area contributed by atoms with Crippen LogP contribution in [0.4, 0.5) is 5.82 Å². The van der Waals surface area contributed by atoms with Gasteiger partial charge in [0, 0.05) is 13.1 Å². The first-order valence-corrected chi connectivity index (χ1v) is 6.10. The van der Waals surface area contributed by atoms with Gasteiger partial charge in [0.15, 0.2) is 0 Å². The van der Waals surface area contributed by atoms with Crippen LogP contribution in [0.5, 0.6) is 0 Å². The molecule has 1 fully saturated rings. The molecular formula is C11H16ClN3O. The van der Waals surface area contributed by atoms with Crippen LogP contribution in [0, 0.1) is 0 Å². The lowest BCUT2D eigenvalue weighted by atomic mass is 10.2. The highest BCUT2D eigenvalue weighted by molar-refractivity contribution is 6.16. The minimum atomic E-state index is 0.309. The molecule has 0 radical (unpaired) electrons. The fraction of sp³-hybridized carbons (Fsp3) is 0.636. The molecule has 0 saturated carbocycles. The Hall–Kier alpha value is -0.870. The van der Waals surface area contributed by atoms with Crippen LogP contribution in [0.2, 0.25) is 0 Å². The first kappa shape index (κ1) is 11.6. The topological polar surface area (TPSA) is 38.2 Å². The third kappa shape index (κ3) is 2.62. The maximum absolute atomic E-state index is 5.67. The van der Waals surface area contributed by atoms with E-state index in [4.69, 9.17) is 16.3 Å². The number of hydrogen-bond donors (Lipinski definition) is 0. The van der Waals surface area contributed by atoms with Crippen molar-refractivity contribution in [3.8, 4) is 0 Å². The summed E-state index contributed by atoms with van der Waals surface area (Å²) in [5.41, 5.74) is 0.811. The second-order valence-corrected chi connectivity index (χ2v) is 4.11. The number of ether oxygens (including phenoxy) is 1. The van der Waals surface area contributed by atoms with Gasteiger partial charge in [-0.15, -0.1) is 11.6 Å². The van der Waals surface area contributed by atoms with Crippen LogP contribution in [-0.4, -0.2) is 35.8 Å². The van der Waals surface area contributed by atoms with E-state index in [0.717, 1.165) is 37.6 Å².